The van der Waals surface area contributed by atoms with Gasteiger partial charge in [-0.3, -0.25) is 9.69 Å². The number of aromatic hydroxyl groups is 2. The maximum Gasteiger partial charge on any atom is 0.264 e. The summed E-state index contributed by atoms with van der Waals surface area (Å²) in [7, 11) is 0. The van der Waals surface area contributed by atoms with Crippen LogP contribution in [0.1, 0.15) is 10.4 Å². The van der Waals surface area contributed by atoms with E-state index in [0.717, 1.165) is 10.8 Å². The SMILES string of the molecule is O=C(c1[c]ccc2ccccc12)N(c1ccc(O)cc1)c1ccc(O)cc1. The van der Waals surface area contributed by atoms with Gasteiger partial charge in [-0.05, 0) is 65.4 Å². The van der Waals surface area contributed by atoms with Gasteiger partial charge in [0.05, 0.1) is 5.56 Å². The Kier molecular flexibility index (Phi) is 4.22. The molecule has 1 radical (unpaired) electrons. The van der Waals surface area contributed by atoms with Gasteiger partial charge in [0.25, 0.3) is 5.91 Å². The molecule has 0 aromatic heterocycles. The second-order valence-electron chi connectivity index (χ2n) is 6.11. The van der Waals surface area contributed by atoms with Crippen LogP contribution in [0.5, 0.6) is 11.5 Å². The molecule has 0 saturated heterocycles. The Morgan fingerprint density at radius 3 is 1.89 bits per heavy atom. The van der Waals surface area contributed by atoms with E-state index < -0.39 is 0 Å². The molecule has 0 spiro atoms. The number of hydrogen-bond donors (Lipinski definition) is 2. The minimum absolute atomic E-state index is 0.119. The molecule has 4 aromatic rings. The third-order valence-corrected chi connectivity index (χ3v) is 4.35. The van der Waals surface area contributed by atoms with Crippen molar-refractivity contribution in [3.63, 3.8) is 0 Å². The zero-order valence-electron chi connectivity index (χ0n) is 14.3. The Morgan fingerprint density at radius 1 is 0.741 bits per heavy atom. The molecule has 4 rings (SSSR count). The van der Waals surface area contributed by atoms with E-state index in [1.165, 1.54) is 29.2 Å². The van der Waals surface area contributed by atoms with Gasteiger partial charge in [0.2, 0.25) is 0 Å². The van der Waals surface area contributed by atoms with Crippen molar-refractivity contribution >= 4 is 28.1 Å². The van der Waals surface area contributed by atoms with Crippen molar-refractivity contribution in [1.29, 1.82) is 0 Å². The van der Waals surface area contributed by atoms with Gasteiger partial charge in [-0.25, -0.2) is 0 Å². The van der Waals surface area contributed by atoms with Gasteiger partial charge < -0.3 is 10.2 Å². The average molecular weight is 354 g/mol. The van der Waals surface area contributed by atoms with Crippen LogP contribution in [0.3, 0.4) is 0 Å². The molecule has 0 aliphatic rings. The molecule has 4 nitrogen and oxygen atoms in total. The van der Waals surface area contributed by atoms with E-state index in [4.69, 9.17) is 0 Å². The molecule has 4 aromatic carbocycles. The van der Waals surface area contributed by atoms with Crippen LogP contribution >= 0.6 is 0 Å². The number of phenolic OH excluding ortho intramolecular Hbond substituents is 2. The lowest BCUT2D eigenvalue weighted by atomic mass is 10.0. The van der Waals surface area contributed by atoms with Gasteiger partial charge in [0.1, 0.15) is 11.5 Å². The summed E-state index contributed by atoms with van der Waals surface area (Å²) >= 11 is 0. The molecule has 0 aliphatic carbocycles. The first kappa shape index (κ1) is 16.7. The molecule has 0 atom stereocenters. The fraction of sp³-hybridized carbons (Fsp3) is 0. The summed E-state index contributed by atoms with van der Waals surface area (Å²) in [5, 5.41) is 21.0. The molecule has 131 valence electrons. The summed E-state index contributed by atoms with van der Waals surface area (Å²) in [4.78, 5) is 15.0. The summed E-state index contributed by atoms with van der Waals surface area (Å²) < 4.78 is 0. The van der Waals surface area contributed by atoms with E-state index in [1.807, 2.05) is 30.3 Å². The molecule has 1 amide bonds. The Balaban J connectivity index is 1.88. The molecule has 0 bridgehead atoms. The number of benzene rings is 4. The van der Waals surface area contributed by atoms with Crippen molar-refractivity contribution in [1.82, 2.24) is 0 Å². The zero-order valence-corrected chi connectivity index (χ0v) is 14.3. The first-order chi connectivity index (χ1) is 13.1. The standard InChI is InChI=1S/C23H16NO3/c25-19-12-8-17(9-13-19)24(18-10-14-20(26)15-11-18)23(27)22-7-3-5-16-4-1-2-6-21(16)22/h1-6,8-15,25-26H. The maximum atomic E-state index is 13.5. The molecule has 4 heteroatoms. The topological polar surface area (TPSA) is 60.8 Å². The summed E-state index contributed by atoms with van der Waals surface area (Å²) in [6.07, 6.45) is 0. The lowest BCUT2D eigenvalue weighted by Gasteiger charge is -2.24. The molecule has 2 N–H and O–H groups in total. The van der Waals surface area contributed by atoms with Crippen LogP contribution in [0, 0.1) is 6.07 Å². The first-order valence-corrected chi connectivity index (χ1v) is 8.45. The van der Waals surface area contributed by atoms with E-state index in [0.29, 0.717) is 16.9 Å². The Labute approximate surface area is 156 Å². The third-order valence-electron chi connectivity index (χ3n) is 4.35. The van der Waals surface area contributed by atoms with Crippen LogP contribution < -0.4 is 4.90 Å². The fourth-order valence-electron chi connectivity index (χ4n) is 3.04. The van der Waals surface area contributed by atoms with Gasteiger partial charge >= 0.3 is 0 Å². The van der Waals surface area contributed by atoms with E-state index >= 15 is 0 Å². The predicted octanol–water partition coefficient (Wildman–Crippen LogP) is 5.03. The summed E-state index contributed by atoms with van der Waals surface area (Å²) in [5.41, 5.74) is 1.66. The highest BCUT2D eigenvalue weighted by molar-refractivity contribution is 6.17. The number of carbonyl (C=O) groups excluding carboxylic acids is 1. The second kappa shape index (κ2) is 6.84. The minimum atomic E-state index is -0.247. The summed E-state index contributed by atoms with van der Waals surface area (Å²) in [6, 6.07) is 27.2. The van der Waals surface area contributed by atoms with Crippen molar-refractivity contribution < 1.29 is 15.0 Å². The van der Waals surface area contributed by atoms with Crippen LogP contribution in [0.4, 0.5) is 11.4 Å². The monoisotopic (exact) mass is 354 g/mol. The molecular weight excluding hydrogens is 338 g/mol. The van der Waals surface area contributed by atoms with Crippen LogP contribution in [-0.4, -0.2) is 16.1 Å². The molecule has 0 unspecified atom stereocenters. The van der Waals surface area contributed by atoms with Gasteiger partial charge in [-0.15, -0.1) is 0 Å². The van der Waals surface area contributed by atoms with E-state index in [1.54, 1.807) is 30.3 Å². The number of nitrogens with zero attached hydrogens (tertiary/aromatic N) is 1. The van der Waals surface area contributed by atoms with E-state index in [-0.39, 0.29) is 17.4 Å². The minimum Gasteiger partial charge on any atom is -0.508 e. The lowest BCUT2D eigenvalue weighted by molar-refractivity contribution is 0.100. The lowest BCUT2D eigenvalue weighted by Crippen LogP contribution is -2.26. The molecule has 0 saturated carbocycles. The van der Waals surface area contributed by atoms with Gasteiger partial charge in [0, 0.05) is 11.4 Å². The molecular formula is C23H16NO3. The van der Waals surface area contributed by atoms with Crippen molar-refractivity contribution in [3.05, 3.63) is 96.6 Å². The molecule has 0 heterocycles. The smallest absolute Gasteiger partial charge is 0.264 e. The first-order valence-electron chi connectivity index (χ1n) is 8.45. The quantitative estimate of drug-likeness (QED) is 0.542. The maximum absolute atomic E-state index is 13.5. The number of anilines is 2. The van der Waals surface area contributed by atoms with Crippen LogP contribution in [0.25, 0.3) is 10.8 Å². The number of amides is 1. The van der Waals surface area contributed by atoms with Crippen LogP contribution in [0.2, 0.25) is 0 Å². The van der Waals surface area contributed by atoms with E-state index in [2.05, 4.69) is 6.07 Å². The van der Waals surface area contributed by atoms with Crippen molar-refractivity contribution in [2.24, 2.45) is 0 Å². The van der Waals surface area contributed by atoms with Crippen molar-refractivity contribution in [2.45, 2.75) is 0 Å². The Bertz CT molecular complexity index is 1050. The number of rotatable bonds is 3. The Morgan fingerprint density at radius 2 is 1.30 bits per heavy atom. The number of fused-ring (bicyclic) bond motifs is 1. The molecule has 27 heavy (non-hydrogen) atoms. The fourth-order valence-corrected chi connectivity index (χ4v) is 3.04. The number of carbonyl (C=O) groups is 1. The van der Waals surface area contributed by atoms with Crippen molar-refractivity contribution in [2.75, 3.05) is 4.90 Å². The Hall–Kier alpha value is -3.79. The van der Waals surface area contributed by atoms with Crippen LogP contribution in [-0.2, 0) is 0 Å². The van der Waals surface area contributed by atoms with E-state index in [9.17, 15) is 15.0 Å². The highest BCUT2D eigenvalue weighted by atomic mass is 16.3. The van der Waals surface area contributed by atoms with Gasteiger partial charge in [-0.1, -0.05) is 36.4 Å². The summed E-state index contributed by atoms with van der Waals surface area (Å²) in [5.74, 6) is -0.00895. The summed E-state index contributed by atoms with van der Waals surface area (Å²) in [6.45, 7) is 0. The second-order valence-corrected chi connectivity index (χ2v) is 6.11. The highest BCUT2D eigenvalue weighted by Crippen LogP contribution is 2.31. The molecule has 0 aliphatic heterocycles. The molecule has 0 fully saturated rings. The zero-order chi connectivity index (χ0) is 18.8. The largest absolute Gasteiger partial charge is 0.508 e. The van der Waals surface area contributed by atoms with Crippen LogP contribution in [0.15, 0.2) is 84.9 Å². The predicted molar refractivity (Wildman–Crippen MR) is 105 cm³/mol. The number of hydrogen-bond acceptors (Lipinski definition) is 3. The average Bonchev–Trinajstić information content (AvgIpc) is 2.70. The number of phenols is 2. The van der Waals surface area contributed by atoms with Gasteiger partial charge in [0.15, 0.2) is 0 Å². The normalized spacial score (nSPS) is 10.7. The van der Waals surface area contributed by atoms with Crippen molar-refractivity contribution in [3.8, 4) is 11.5 Å². The van der Waals surface area contributed by atoms with Gasteiger partial charge in [-0.2, -0.15) is 0 Å². The third kappa shape index (κ3) is 3.20. The highest BCUT2D eigenvalue weighted by Gasteiger charge is 2.22.